The Bertz CT molecular complexity index is 3800. The lowest BCUT2D eigenvalue weighted by molar-refractivity contribution is 1.17. The summed E-state index contributed by atoms with van der Waals surface area (Å²) in [5.41, 5.74) is 9.56. The summed E-state index contributed by atoms with van der Waals surface area (Å²) in [7, 11) is -2.75. The molecule has 4 heteroatoms. The zero-order valence-corrected chi connectivity index (χ0v) is 36.7. The molecule has 0 amide bonds. The molecule has 0 N–H and O–H groups in total. The van der Waals surface area contributed by atoms with Crippen LogP contribution in [0.4, 0.5) is 0 Å². The van der Waals surface area contributed by atoms with Gasteiger partial charge in [0, 0.05) is 58.7 Å². The molecule has 0 spiro atoms. The number of hydrogen-bond donors (Lipinski definition) is 0. The highest BCUT2D eigenvalue weighted by atomic mass is 32.1. The molecule has 0 bridgehead atoms. The number of benzene rings is 10. The number of para-hydroxylation sites is 3. The van der Waals surface area contributed by atoms with Crippen LogP contribution in [-0.4, -0.2) is 17.2 Å². The van der Waals surface area contributed by atoms with Crippen LogP contribution in [0.2, 0.25) is 0 Å². The maximum absolute atomic E-state index is 2.75. The topological polar surface area (TPSA) is 9.86 Å². The van der Waals surface area contributed by atoms with Crippen molar-refractivity contribution in [3.63, 3.8) is 0 Å². The maximum Gasteiger partial charge on any atom is 0.179 e. The lowest BCUT2D eigenvalue weighted by Crippen LogP contribution is -2.74. The average molecular weight is 849 g/mol. The van der Waals surface area contributed by atoms with Gasteiger partial charge >= 0.3 is 0 Å². The van der Waals surface area contributed by atoms with Crippen molar-refractivity contribution in [3.8, 4) is 22.5 Å². The molecule has 3 aromatic heterocycles. The van der Waals surface area contributed by atoms with Gasteiger partial charge in [0.15, 0.2) is 8.07 Å². The van der Waals surface area contributed by atoms with Gasteiger partial charge < -0.3 is 9.13 Å². The second kappa shape index (κ2) is 14.7. The number of hydrogen-bond acceptors (Lipinski definition) is 1. The molecular formula is C60H40N2SSi. The second-order valence-corrected chi connectivity index (χ2v) is 21.7. The van der Waals surface area contributed by atoms with Gasteiger partial charge in [-0.2, -0.15) is 0 Å². The van der Waals surface area contributed by atoms with Crippen LogP contribution in [-0.2, 0) is 0 Å². The Morgan fingerprint density at radius 1 is 0.297 bits per heavy atom. The molecule has 64 heavy (non-hydrogen) atoms. The highest BCUT2D eigenvalue weighted by Crippen LogP contribution is 2.42. The SMILES string of the molecule is c1ccc([Si](c2ccccc2)(c2ccccc2)c2cccc(-n3c4ccccc4c4cc(-n5c6ccccc6c6cccc(-c7ccc8sc9ccccc9c8c7)c65)ccc43)c2)cc1. The smallest absolute Gasteiger partial charge is 0.179 e. The third kappa shape index (κ3) is 5.50. The van der Waals surface area contributed by atoms with Gasteiger partial charge in [0.2, 0.25) is 0 Å². The normalized spacial score (nSPS) is 12.1. The number of rotatable bonds is 7. The van der Waals surface area contributed by atoms with Crippen molar-refractivity contribution in [2.45, 2.75) is 0 Å². The molecule has 0 saturated carbocycles. The van der Waals surface area contributed by atoms with E-state index in [0.717, 1.165) is 11.4 Å². The first-order valence-corrected chi connectivity index (χ1v) is 24.8. The van der Waals surface area contributed by atoms with Crippen molar-refractivity contribution >= 4 is 104 Å². The lowest BCUT2D eigenvalue weighted by Gasteiger charge is -2.34. The third-order valence-corrected chi connectivity index (χ3v) is 19.4. The molecule has 0 unspecified atom stereocenters. The summed E-state index contributed by atoms with van der Waals surface area (Å²) < 4.78 is 7.63. The minimum atomic E-state index is -2.75. The molecule has 3 heterocycles. The van der Waals surface area contributed by atoms with Crippen molar-refractivity contribution in [1.82, 2.24) is 9.13 Å². The largest absolute Gasteiger partial charge is 0.309 e. The van der Waals surface area contributed by atoms with Gasteiger partial charge in [-0.1, -0.05) is 182 Å². The summed E-state index contributed by atoms with van der Waals surface area (Å²) in [5, 5.41) is 13.0. The Labute approximate surface area is 376 Å². The zero-order valence-electron chi connectivity index (χ0n) is 34.9. The van der Waals surface area contributed by atoms with E-state index in [1.165, 1.54) is 95.7 Å². The van der Waals surface area contributed by atoms with E-state index in [2.05, 4.69) is 252 Å². The summed E-state index contributed by atoms with van der Waals surface area (Å²) in [4.78, 5) is 0. The van der Waals surface area contributed by atoms with E-state index in [9.17, 15) is 0 Å². The molecule has 0 atom stereocenters. The third-order valence-electron chi connectivity index (χ3n) is 13.5. The first kappa shape index (κ1) is 36.9. The number of aromatic nitrogens is 2. The molecule has 13 aromatic rings. The van der Waals surface area contributed by atoms with Crippen LogP contribution in [0.15, 0.2) is 243 Å². The van der Waals surface area contributed by atoms with E-state index in [1.54, 1.807) is 0 Å². The highest BCUT2D eigenvalue weighted by molar-refractivity contribution is 7.25. The second-order valence-electron chi connectivity index (χ2n) is 16.8. The Kier molecular flexibility index (Phi) is 8.45. The van der Waals surface area contributed by atoms with Gasteiger partial charge in [0.05, 0.1) is 22.1 Å². The van der Waals surface area contributed by atoms with Gasteiger partial charge in [-0.05, 0) is 87.0 Å². The van der Waals surface area contributed by atoms with Crippen LogP contribution in [0.3, 0.4) is 0 Å². The van der Waals surface area contributed by atoms with Crippen molar-refractivity contribution in [2.75, 3.05) is 0 Å². The first-order chi connectivity index (χ1) is 31.8. The van der Waals surface area contributed by atoms with Gasteiger partial charge in [-0.3, -0.25) is 0 Å². The van der Waals surface area contributed by atoms with Crippen LogP contribution in [0, 0.1) is 0 Å². The average Bonchev–Trinajstić information content (AvgIpc) is 4.03. The maximum atomic E-state index is 2.50. The van der Waals surface area contributed by atoms with Gasteiger partial charge in [-0.25, -0.2) is 0 Å². The molecule has 0 fully saturated rings. The molecule has 13 rings (SSSR count). The predicted molar refractivity (Wildman–Crippen MR) is 277 cm³/mol. The standard InChI is InChI=1S/C60H40N2SSi/c1-4-19-44(20-5-1)64(45-21-6-2-7-22-45,46-23-8-3-9-24-46)47-25-16-18-42(39-47)61-55-31-13-11-27-50(55)53-40-43(35-36-57(53)61)62-56-32-14-10-26-49(56)52-30-17-29-48(60(52)62)41-34-37-59-54(38-41)51-28-12-15-33-58(51)63-59/h1-40H. The molecule has 10 aromatic carbocycles. The Morgan fingerprint density at radius 3 is 1.52 bits per heavy atom. The van der Waals surface area contributed by atoms with E-state index in [1.807, 2.05) is 11.3 Å². The molecule has 0 radical (unpaired) electrons. The minimum absolute atomic E-state index is 1.15. The zero-order chi connectivity index (χ0) is 42.2. The quantitative estimate of drug-likeness (QED) is 0.112. The number of fused-ring (bicyclic) bond motifs is 9. The van der Waals surface area contributed by atoms with Crippen LogP contribution in [0.1, 0.15) is 0 Å². The van der Waals surface area contributed by atoms with Gasteiger partial charge in [0.25, 0.3) is 0 Å². The molecule has 0 aliphatic rings. The number of thiophene rings is 1. The fourth-order valence-electron chi connectivity index (χ4n) is 10.7. The van der Waals surface area contributed by atoms with Crippen molar-refractivity contribution in [3.05, 3.63) is 243 Å². The molecule has 2 nitrogen and oxygen atoms in total. The summed E-state index contributed by atoms with van der Waals surface area (Å²) in [6.45, 7) is 0. The van der Waals surface area contributed by atoms with Crippen LogP contribution in [0.25, 0.3) is 86.3 Å². The fourth-order valence-corrected chi connectivity index (χ4v) is 16.6. The van der Waals surface area contributed by atoms with E-state index >= 15 is 0 Å². The fraction of sp³-hybridized carbons (Fsp3) is 0. The van der Waals surface area contributed by atoms with E-state index in [4.69, 9.17) is 0 Å². The molecule has 0 aliphatic carbocycles. The first-order valence-electron chi connectivity index (χ1n) is 22.0. The number of nitrogens with zero attached hydrogens (tertiary/aromatic N) is 2. The molecule has 300 valence electrons. The summed E-state index contributed by atoms with van der Waals surface area (Å²) in [6, 6.07) is 90.5. The monoisotopic (exact) mass is 848 g/mol. The Morgan fingerprint density at radius 2 is 0.812 bits per heavy atom. The molecule has 0 saturated heterocycles. The Hall–Kier alpha value is -7.76. The van der Waals surface area contributed by atoms with Crippen molar-refractivity contribution in [1.29, 1.82) is 0 Å². The minimum Gasteiger partial charge on any atom is -0.309 e. The lowest BCUT2D eigenvalue weighted by atomic mass is 10.00. The molecule has 0 aliphatic heterocycles. The summed E-state index contributed by atoms with van der Waals surface area (Å²) in [5.74, 6) is 0. The van der Waals surface area contributed by atoms with E-state index in [0.29, 0.717) is 0 Å². The van der Waals surface area contributed by atoms with E-state index in [-0.39, 0.29) is 0 Å². The van der Waals surface area contributed by atoms with Crippen LogP contribution >= 0.6 is 11.3 Å². The highest BCUT2D eigenvalue weighted by Gasteiger charge is 2.41. The van der Waals surface area contributed by atoms with Crippen LogP contribution in [0.5, 0.6) is 0 Å². The predicted octanol–water partition coefficient (Wildman–Crippen LogP) is 13.3. The summed E-state index contributed by atoms with van der Waals surface area (Å²) >= 11 is 1.87. The van der Waals surface area contributed by atoms with Gasteiger partial charge in [-0.15, -0.1) is 11.3 Å². The van der Waals surface area contributed by atoms with Crippen LogP contribution < -0.4 is 20.7 Å². The van der Waals surface area contributed by atoms with Gasteiger partial charge in [0.1, 0.15) is 0 Å². The molecular weight excluding hydrogens is 809 g/mol. The summed E-state index contributed by atoms with van der Waals surface area (Å²) in [6.07, 6.45) is 0. The van der Waals surface area contributed by atoms with Crippen molar-refractivity contribution < 1.29 is 0 Å². The van der Waals surface area contributed by atoms with Crippen molar-refractivity contribution in [2.24, 2.45) is 0 Å². The van der Waals surface area contributed by atoms with E-state index < -0.39 is 8.07 Å². The Balaban J connectivity index is 1.04.